The molecule has 10 heteroatoms. The fourth-order valence-corrected chi connectivity index (χ4v) is 5.57. The first-order valence-corrected chi connectivity index (χ1v) is 15.1. The van der Waals surface area contributed by atoms with Gasteiger partial charge >= 0.3 is 5.97 Å². The van der Waals surface area contributed by atoms with Crippen LogP contribution in [0.1, 0.15) is 102 Å². The van der Waals surface area contributed by atoms with Gasteiger partial charge in [0.15, 0.2) is 5.78 Å². The van der Waals surface area contributed by atoms with Gasteiger partial charge in [0.1, 0.15) is 5.75 Å². The van der Waals surface area contributed by atoms with Gasteiger partial charge in [-0.1, -0.05) is 34.6 Å². The third-order valence-electron chi connectivity index (χ3n) is 8.49. The Hall–Kier alpha value is -2.59. The van der Waals surface area contributed by atoms with Crippen molar-refractivity contribution in [3.8, 4) is 5.75 Å². The zero-order valence-corrected chi connectivity index (χ0v) is 28.0. The van der Waals surface area contributed by atoms with Crippen LogP contribution in [0.3, 0.4) is 0 Å². The molecule has 0 atom stereocenters. The molecular formula is C32H51BrN4O5. The highest BCUT2D eigenvalue weighted by Crippen LogP contribution is 2.41. The van der Waals surface area contributed by atoms with E-state index in [4.69, 9.17) is 20.0 Å². The number of anilines is 1. The van der Waals surface area contributed by atoms with E-state index in [-0.39, 0.29) is 46.7 Å². The largest absolute Gasteiger partial charge is 0.491 e. The van der Waals surface area contributed by atoms with Crippen molar-refractivity contribution in [1.82, 2.24) is 9.13 Å². The number of halogens is 1. The highest BCUT2D eigenvalue weighted by atomic mass is 79.9. The number of methoxy groups -OCH3 is 1. The van der Waals surface area contributed by atoms with Crippen LogP contribution >= 0.6 is 17.0 Å². The van der Waals surface area contributed by atoms with Crippen LogP contribution in [0.5, 0.6) is 5.75 Å². The SMILES string of the molecule is Br.CCC(CC)(CCn1ccn(CC(=O)c2cc(N3CCCC3)c(OCCCCC(=O)O)c(C(C)(C)C)c2)c1=N)OC. The van der Waals surface area contributed by atoms with Gasteiger partial charge in [0.05, 0.1) is 24.4 Å². The number of imidazole rings is 1. The van der Waals surface area contributed by atoms with Crippen molar-refractivity contribution in [2.24, 2.45) is 0 Å². The molecule has 2 heterocycles. The maximum Gasteiger partial charge on any atom is 0.303 e. The van der Waals surface area contributed by atoms with Crippen molar-refractivity contribution in [2.45, 2.75) is 110 Å². The molecule has 236 valence electrons. The van der Waals surface area contributed by atoms with E-state index < -0.39 is 5.97 Å². The molecule has 2 N–H and O–H groups in total. The number of unbranched alkanes of at least 4 members (excludes halogenated alkanes) is 1. The minimum Gasteiger partial charge on any atom is -0.491 e. The first-order valence-electron chi connectivity index (χ1n) is 15.1. The zero-order valence-electron chi connectivity index (χ0n) is 26.3. The van der Waals surface area contributed by atoms with Gasteiger partial charge in [0, 0.05) is 56.7 Å². The third kappa shape index (κ3) is 8.96. The quantitative estimate of drug-likeness (QED) is 0.162. The summed E-state index contributed by atoms with van der Waals surface area (Å²) >= 11 is 0. The van der Waals surface area contributed by atoms with Crippen LogP contribution in [-0.4, -0.2) is 58.4 Å². The number of rotatable bonds is 16. The number of benzene rings is 1. The molecule has 0 spiro atoms. The number of hydrogen-bond acceptors (Lipinski definition) is 6. The predicted molar refractivity (Wildman–Crippen MR) is 171 cm³/mol. The van der Waals surface area contributed by atoms with Crippen LogP contribution in [-0.2, 0) is 28.0 Å². The second-order valence-electron chi connectivity index (χ2n) is 12.2. The molecule has 3 rings (SSSR count). The van der Waals surface area contributed by atoms with Crippen LogP contribution in [0.2, 0.25) is 0 Å². The first kappa shape index (κ1) is 35.6. The van der Waals surface area contributed by atoms with Gasteiger partial charge < -0.3 is 28.6 Å². The molecular weight excluding hydrogens is 600 g/mol. The number of carbonyl (C=O) groups excluding carboxylic acids is 1. The van der Waals surface area contributed by atoms with E-state index in [1.54, 1.807) is 11.7 Å². The summed E-state index contributed by atoms with van der Waals surface area (Å²) < 4.78 is 15.7. The van der Waals surface area contributed by atoms with Crippen LogP contribution < -0.4 is 15.3 Å². The number of ketones is 1. The molecule has 0 bridgehead atoms. The summed E-state index contributed by atoms with van der Waals surface area (Å²) in [6.45, 7) is 13.6. The summed E-state index contributed by atoms with van der Waals surface area (Å²) in [4.78, 5) is 26.9. The molecule has 1 aromatic heterocycles. The fraction of sp³-hybridized carbons (Fsp3) is 0.656. The Bertz CT molecular complexity index is 1230. The van der Waals surface area contributed by atoms with E-state index in [0.717, 1.165) is 62.2 Å². The molecule has 9 nitrogen and oxygen atoms in total. The second kappa shape index (κ2) is 15.8. The van der Waals surface area contributed by atoms with Gasteiger partial charge in [-0.3, -0.25) is 15.0 Å². The molecule has 1 fully saturated rings. The normalized spacial score (nSPS) is 13.7. The number of Topliss-reactive ketones (excluding diaryl/α,β-unsaturated/α-hetero) is 1. The molecule has 0 radical (unpaired) electrons. The van der Waals surface area contributed by atoms with Crippen LogP contribution in [0.15, 0.2) is 24.5 Å². The molecule has 0 amide bonds. The first-order chi connectivity index (χ1) is 19.4. The van der Waals surface area contributed by atoms with Crippen LogP contribution in [0, 0.1) is 5.41 Å². The smallest absolute Gasteiger partial charge is 0.303 e. The number of nitrogens with one attached hydrogen (secondary N) is 1. The lowest BCUT2D eigenvalue weighted by Gasteiger charge is -2.30. The summed E-state index contributed by atoms with van der Waals surface area (Å²) in [5, 5.41) is 17.7. The number of hydrogen-bond donors (Lipinski definition) is 2. The number of carbonyl (C=O) groups is 2. The predicted octanol–water partition coefficient (Wildman–Crippen LogP) is 6.36. The lowest BCUT2D eigenvalue weighted by molar-refractivity contribution is -0.137. The van der Waals surface area contributed by atoms with Crippen molar-refractivity contribution in [2.75, 3.05) is 31.7 Å². The zero-order chi connectivity index (χ0) is 30.2. The third-order valence-corrected chi connectivity index (χ3v) is 8.49. The highest BCUT2D eigenvalue weighted by molar-refractivity contribution is 8.93. The molecule has 1 aliphatic rings. The van der Waals surface area contributed by atoms with E-state index in [1.165, 1.54) is 0 Å². The number of carboxylic acids is 1. The molecule has 0 saturated carbocycles. The minimum absolute atomic E-state index is 0. The minimum atomic E-state index is -0.796. The lowest BCUT2D eigenvalue weighted by atomic mass is 9.84. The maximum absolute atomic E-state index is 13.7. The molecule has 1 aliphatic heterocycles. The van der Waals surface area contributed by atoms with Gasteiger partial charge in [0.25, 0.3) is 0 Å². The molecule has 1 saturated heterocycles. The fourth-order valence-electron chi connectivity index (χ4n) is 5.57. The summed E-state index contributed by atoms with van der Waals surface area (Å²) in [6.07, 6.45) is 9.82. The van der Waals surface area contributed by atoms with E-state index >= 15 is 0 Å². The Labute approximate surface area is 261 Å². The van der Waals surface area contributed by atoms with Crippen molar-refractivity contribution >= 4 is 34.4 Å². The highest BCUT2D eigenvalue weighted by Gasteiger charge is 2.28. The van der Waals surface area contributed by atoms with Crippen molar-refractivity contribution in [3.05, 3.63) is 41.3 Å². The van der Waals surface area contributed by atoms with Gasteiger partial charge in [-0.25, -0.2) is 0 Å². The van der Waals surface area contributed by atoms with Crippen molar-refractivity contribution in [1.29, 1.82) is 5.41 Å². The van der Waals surface area contributed by atoms with Gasteiger partial charge in [-0.15, -0.1) is 17.0 Å². The summed E-state index contributed by atoms with van der Waals surface area (Å²) in [6, 6.07) is 3.90. The summed E-state index contributed by atoms with van der Waals surface area (Å²) in [5.41, 5.74) is 2.34. The van der Waals surface area contributed by atoms with E-state index in [9.17, 15) is 9.59 Å². The standard InChI is InChI=1S/C32H50N4O5.BrH/c1-7-32(8-2,40-6)14-17-35-18-19-36(30(35)33)23-27(37)24-21-25(31(3,4)5)29(41-20-12-9-13-28(38)39)26(22-24)34-15-10-11-16-34;/h18-19,21-22,33H,7-17,20,23H2,1-6H3,(H,38,39);1H. The van der Waals surface area contributed by atoms with Crippen molar-refractivity contribution in [3.63, 3.8) is 0 Å². The van der Waals surface area contributed by atoms with Gasteiger partial charge in [-0.2, -0.15) is 0 Å². The topological polar surface area (TPSA) is 110 Å². The Kier molecular flexibility index (Phi) is 13.4. The van der Waals surface area contributed by atoms with E-state index in [0.29, 0.717) is 37.2 Å². The molecule has 1 aromatic carbocycles. The number of ether oxygens (including phenoxy) is 2. The van der Waals surface area contributed by atoms with Gasteiger partial charge in [0.2, 0.25) is 5.62 Å². The second-order valence-corrected chi connectivity index (χ2v) is 12.2. The average molecular weight is 652 g/mol. The van der Waals surface area contributed by atoms with E-state index in [2.05, 4.69) is 39.5 Å². The van der Waals surface area contributed by atoms with Crippen LogP contribution in [0.4, 0.5) is 5.69 Å². The Morgan fingerprint density at radius 3 is 2.24 bits per heavy atom. The van der Waals surface area contributed by atoms with Gasteiger partial charge in [-0.05, 0) is 62.5 Å². The average Bonchev–Trinajstić information content (AvgIpc) is 3.59. The van der Waals surface area contributed by atoms with Crippen LogP contribution in [0.25, 0.3) is 0 Å². The Morgan fingerprint density at radius 2 is 1.67 bits per heavy atom. The molecule has 0 aliphatic carbocycles. The number of aliphatic carboxylic acids is 1. The summed E-state index contributed by atoms with van der Waals surface area (Å²) in [5.74, 6) is -0.0524. The summed E-state index contributed by atoms with van der Waals surface area (Å²) in [7, 11) is 1.75. The monoisotopic (exact) mass is 650 g/mol. The number of carboxylic acid groups (broad SMARTS) is 1. The lowest BCUT2D eigenvalue weighted by Crippen LogP contribution is -2.34. The maximum atomic E-state index is 13.7. The number of nitrogens with zero attached hydrogens (tertiary/aromatic N) is 3. The van der Waals surface area contributed by atoms with Crippen molar-refractivity contribution < 1.29 is 24.2 Å². The Morgan fingerprint density at radius 1 is 1.02 bits per heavy atom. The van der Waals surface area contributed by atoms with E-state index in [1.807, 2.05) is 29.1 Å². The number of aromatic nitrogens is 2. The molecule has 0 unspecified atom stereocenters. The Balaban J connectivity index is 0.00000616. The molecule has 2 aromatic rings. The molecule has 42 heavy (non-hydrogen) atoms. The number of aryl methyl sites for hydroxylation is 1.